The van der Waals surface area contributed by atoms with Crippen LogP contribution in [-0.4, -0.2) is 10.9 Å². The highest BCUT2D eigenvalue weighted by Gasteiger charge is 2.25. The van der Waals surface area contributed by atoms with Crippen molar-refractivity contribution in [2.45, 2.75) is 32.2 Å². The quantitative estimate of drug-likeness (QED) is 0.798. The minimum atomic E-state index is 0.00294. The molecule has 2 rings (SSSR count). The minimum absolute atomic E-state index is 0.00294. The van der Waals surface area contributed by atoms with Crippen LogP contribution in [0.3, 0.4) is 0 Å². The SMILES string of the molecule is CC(=O)NCc1nc(C2CC2)cs1. The van der Waals surface area contributed by atoms with Gasteiger partial charge in [-0.15, -0.1) is 11.3 Å². The van der Waals surface area contributed by atoms with Crippen LogP contribution in [0.25, 0.3) is 0 Å². The van der Waals surface area contributed by atoms with E-state index in [0.717, 1.165) is 5.01 Å². The zero-order valence-electron chi connectivity index (χ0n) is 7.54. The van der Waals surface area contributed by atoms with E-state index in [1.165, 1.54) is 25.5 Å². The highest BCUT2D eigenvalue weighted by molar-refractivity contribution is 7.09. The molecule has 0 spiro atoms. The molecule has 1 aliphatic rings. The first-order valence-electron chi connectivity index (χ1n) is 4.44. The first kappa shape index (κ1) is 8.69. The van der Waals surface area contributed by atoms with Gasteiger partial charge in [0, 0.05) is 18.2 Å². The zero-order chi connectivity index (χ0) is 9.26. The average Bonchev–Trinajstić information content (AvgIpc) is 2.83. The smallest absolute Gasteiger partial charge is 0.217 e. The van der Waals surface area contributed by atoms with E-state index >= 15 is 0 Å². The summed E-state index contributed by atoms with van der Waals surface area (Å²) in [6.07, 6.45) is 2.56. The predicted molar refractivity (Wildman–Crippen MR) is 51.6 cm³/mol. The second kappa shape index (κ2) is 3.46. The van der Waals surface area contributed by atoms with Crippen molar-refractivity contribution in [1.82, 2.24) is 10.3 Å². The molecule has 1 N–H and O–H groups in total. The number of hydrogen-bond acceptors (Lipinski definition) is 3. The van der Waals surface area contributed by atoms with Crippen molar-refractivity contribution in [2.24, 2.45) is 0 Å². The van der Waals surface area contributed by atoms with E-state index in [4.69, 9.17) is 0 Å². The summed E-state index contributed by atoms with van der Waals surface area (Å²) in [4.78, 5) is 15.1. The number of thiazole rings is 1. The van der Waals surface area contributed by atoms with Crippen molar-refractivity contribution in [3.63, 3.8) is 0 Å². The van der Waals surface area contributed by atoms with E-state index in [1.54, 1.807) is 11.3 Å². The van der Waals surface area contributed by atoms with Crippen LogP contribution >= 0.6 is 11.3 Å². The number of rotatable bonds is 3. The maximum absolute atomic E-state index is 10.6. The van der Waals surface area contributed by atoms with E-state index in [0.29, 0.717) is 12.5 Å². The van der Waals surface area contributed by atoms with Crippen molar-refractivity contribution in [3.05, 3.63) is 16.1 Å². The fourth-order valence-corrected chi connectivity index (χ4v) is 1.99. The van der Waals surface area contributed by atoms with E-state index in [-0.39, 0.29) is 5.91 Å². The van der Waals surface area contributed by atoms with Gasteiger partial charge in [-0.3, -0.25) is 4.79 Å². The van der Waals surface area contributed by atoms with E-state index in [2.05, 4.69) is 15.7 Å². The van der Waals surface area contributed by atoms with Gasteiger partial charge in [-0.1, -0.05) is 0 Å². The number of aromatic nitrogens is 1. The summed E-state index contributed by atoms with van der Waals surface area (Å²) in [5.41, 5.74) is 1.21. The van der Waals surface area contributed by atoms with Crippen LogP contribution < -0.4 is 5.32 Å². The topological polar surface area (TPSA) is 42.0 Å². The average molecular weight is 196 g/mol. The lowest BCUT2D eigenvalue weighted by Gasteiger charge is -1.95. The highest BCUT2D eigenvalue weighted by atomic mass is 32.1. The molecule has 1 saturated carbocycles. The van der Waals surface area contributed by atoms with Gasteiger partial charge in [0.1, 0.15) is 5.01 Å². The number of nitrogens with zero attached hydrogens (tertiary/aromatic N) is 1. The molecule has 1 aromatic heterocycles. The maximum atomic E-state index is 10.6. The van der Waals surface area contributed by atoms with Crippen molar-refractivity contribution in [2.75, 3.05) is 0 Å². The summed E-state index contributed by atoms with van der Waals surface area (Å²) in [6, 6.07) is 0. The molecule has 70 valence electrons. The Morgan fingerprint density at radius 1 is 1.77 bits per heavy atom. The molecule has 0 aliphatic heterocycles. The fourth-order valence-electron chi connectivity index (χ4n) is 1.17. The molecule has 1 aliphatic carbocycles. The number of carbonyl (C=O) groups is 1. The minimum Gasteiger partial charge on any atom is -0.350 e. The van der Waals surface area contributed by atoms with Gasteiger partial charge in [0.15, 0.2) is 0 Å². The number of nitrogens with one attached hydrogen (secondary N) is 1. The lowest BCUT2D eigenvalue weighted by atomic mass is 10.3. The van der Waals surface area contributed by atoms with Crippen LogP contribution in [0.4, 0.5) is 0 Å². The Morgan fingerprint density at radius 3 is 3.15 bits per heavy atom. The Hall–Kier alpha value is -0.900. The van der Waals surface area contributed by atoms with Crippen molar-refractivity contribution >= 4 is 17.2 Å². The molecule has 3 nitrogen and oxygen atoms in total. The number of hydrogen-bond donors (Lipinski definition) is 1. The summed E-state index contributed by atoms with van der Waals surface area (Å²) in [7, 11) is 0. The molecular formula is C9H12N2OS. The molecule has 0 atom stereocenters. The summed E-state index contributed by atoms with van der Waals surface area (Å²) in [6.45, 7) is 2.10. The summed E-state index contributed by atoms with van der Waals surface area (Å²) >= 11 is 1.63. The van der Waals surface area contributed by atoms with Gasteiger partial charge in [-0.25, -0.2) is 4.98 Å². The molecule has 0 bridgehead atoms. The molecule has 1 aromatic rings. The molecule has 1 amide bonds. The lowest BCUT2D eigenvalue weighted by Crippen LogP contribution is -2.18. The summed E-state index contributed by atoms with van der Waals surface area (Å²) < 4.78 is 0. The second-order valence-corrected chi connectivity index (χ2v) is 4.29. The standard InChI is InChI=1S/C9H12N2OS/c1-6(12)10-4-9-11-8(5-13-9)7-2-3-7/h5,7H,2-4H2,1H3,(H,10,12). The van der Waals surface area contributed by atoms with Gasteiger partial charge in [0.2, 0.25) is 5.91 Å². The predicted octanol–water partition coefficient (Wildman–Crippen LogP) is 1.66. The molecular weight excluding hydrogens is 184 g/mol. The third-order valence-electron chi connectivity index (χ3n) is 2.05. The van der Waals surface area contributed by atoms with E-state index in [1.807, 2.05) is 0 Å². The maximum Gasteiger partial charge on any atom is 0.217 e. The third-order valence-corrected chi connectivity index (χ3v) is 2.92. The number of carbonyl (C=O) groups excluding carboxylic acids is 1. The summed E-state index contributed by atoms with van der Waals surface area (Å²) in [5, 5.41) is 5.86. The molecule has 0 unspecified atom stereocenters. The van der Waals surface area contributed by atoms with Gasteiger partial charge in [-0.05, 0) is 12.8 Å². The normalized spacial score (nSPS) is 15.8. The van der Waals surface area contributed by atoms with Crippen molar-refractivity contribution in [1.29, 1.82) is 0 Å². The fraction of sp³-hybridized carbons (Fsp3) is 0.556. The van der Waals surface area contributed by atoms with Crippen LogP contribution in [0.5, 0.6) is 0 Å². The number of amides is 1. The van der Waals surface area contributed by atoms with Gasteiger partial charge >= 0.3 is 0 Å². The molecule has 0 radical (unpaired) electrons. The Kier molecular flexibility index (Phi) is 2.31. The summed E-state index contributed by atoms with van der Waals surface area (Å²) in [5.74, 6) is 0.713. The monoisotopic (exact) mass is 196 g/mol. The van der Waals surface area contributed by atoms with E-state index < -0.39 is 0 Å². The van der Waals surface area contributed by atoms with Gasteiger partial charge in [0.25, 0.3) is 0 Å². The highest BCUT2D eigenvalue weighted by Crippen LogP contribution is 2.40. The Morgan fingerprint density at radius 2 is 2.54 bits per heavy atom. The largest absolute Gasteiger partial charge is 0.350 e. The Labute approximate surface area is 81.2 Å². The molecule has 0 saturated heterocycles. The molecule has 0 aromatic carbocycles. The van der Waals surface area contributed by atoms with Crippen LogP contribution in [0.15, 0.2) is 5.38 Å². The Bertz CT molecular complexity index is 317. The van der Waals surface area contributed by atoms with E-state index in [9.17, 15) is 4.79 Å². The van der Waals surface area contributed by atoms with Gasteiger partial charge in [-0.2, -0.15) is 0 Å². The van der Waals surface area contributed by atoms with Gasteiger partial charge in [0.05, 0.1) is 12.2 Å². The second-order valence-electron chi connectivity index (χ2n) is 3.35. The van der Waals surface area contributed by atoms with Crippen LogP contribution in [0.2, 0.25) is 0 Å². The Balaban J connectivity index is 1.92. The molecule has 1 fully saturated rings. The molecule has 1 heterocycles. The van der Waals surface area contributed by atoms with Crippen LogP contribution in [-0.2, 0) is 11.3 Å². The molecule has 13 heavy (non-hydrogen) atoms. The van der Waals surface area contributed by atoms with Gasteiger partial charge < -0.3 is 5.32 Å². The van der Waals surface area contributed by atoms with Crippen molar-refractivity contribution < 1.29 is 4.79 Å². The zero-order valence-corrected chi connectivity index (χ0v) is 8.36. The lowest BCUT2D eigenvalue weighted by molar-refractivity contribution is -0.119. The van der Waals surface area contributed by atoms with Crippen LogP contribution in [0, 0.1) is 0 Å². The van der Waals surface area contributed by atoms with Crippen LogP contribution in [0.1, 0.15) is 36.4 Å². The first-order valence-corrected chi connectivity index (χ1v) is 5.32. The third kappa shape index (κ3) is 2.28. The first-order chi connectivity index (χ1) is 6.25. The molecule has 4 heteroatoms. The van der Waals surface area contributed by atoms with Crippen molar-refractivity contribution in [3.8, 4) is 0 Å².